The van der Waals surface area contributed by atoms with Crippen molar-refractivity contribution in [3.8, 4) is 0 Å². The molecule has 0 radical (unpaired) electrons. The van der Waals surface area contributed by atoms with E-state index in [9.17, 15) is 13.2 Å². The van der Waals surface area contributed by atoms with E-state index in [4.69, 9.17) is 0 Å². The molecule has 1 atom stereocenters. The van der Waals surface area contributed by atoms with Crippen LogP contribution in [0.25, 0.3) is 0 Å². The third-order valence-electron chi connectivity index (χ3n) is 3.25. The molecule has 100 valence electrons. The monoisotopic (exact) mass is 259 g/mol. The molecule has 2 rings (SSSR count). The van der Waals surface area contributed by atoms with Crippen LogP contribution in [0.2, 0.25) is 0 Å². The van der Waals surface area contributed by atoms with Crippen molar-refractivity contribution < 1.29 is 13.2 Å². The number of alkyl halides is 3. The quantitative estimate of drug-likeness (QED) is 0.883. The molecule has 18 heavy (non-hydrogen) atoms. The van der Waals surface area contributed by atoms with Crippen LogP contribution in [-0.4, -0.2) is 31.2 Å². The Morgan fingerprint density at radius 1 is 1.44 bits per heavy atom. The molecule has 1 fully saturated rings. The van der Waals surface area contributed by atoms with Crippen molar-refractivity contribution >= 4 is 5.82 Å². The predicted octanol–water partition coefficient (Wildman–Crippen LogP) is 2.29. The summed E-state index contributed by atoms with van der Waals surface area (Å²) in [4.78, 5) is 5.85. The lowest BCUT2D eigenvalue weighted by molar-refractivity contribution is -0.137. The first-order valence-electron chi connectivity index (χ1n) is 5.95. The summed E-state index contributed by atoms with van der Waals surface area (Å²) in [5.74, 6) is 0.374. The fourth-order valence-corrected chi connectivity index (χ4v) is 2.14. The molecular formula is C12H16F3N3. The Balaban J connectivity index is 2.17. The number of nitrogens with one attached hydrogen (secondary N) is 1. The van der Waals surface area contributed by atoms with Crippen LogP contribution in [-0.2, 0) is 6.18 Å². The van der Waals surface area contributed by atoms with Crippen molar-refractivity contribution in [2.45, 2.75) is 25.1 Å². The maximum Gasteiger partial charge on any atom is 0.416 e. The smallest absolute Gasteiger partial charge is 0.355 e. The van der Waals surface area contributed by atoms with Crippen molar-refractivity contribution in [3.05, 3.63) is 23.9 Å². The largest absolute Gasteiger partial charge is 0.416 e. The molecule has 1 unspecified atom stereocenters. The lowest BCUT2D eigenvalue weighted by Crippen LogP contribution is -2.44. The van der Waals surface area contributed by atoms with E-state index in [1.54, 1.807) is 7.05 Å². The Kier molecular flexibility index (Phi) is 3.75. The number of aromatic nitrogens is 1. The first-order valence-corrected chi connectivity index (χ1v) is 5.95. The maximum atomic E-state index is 12.6. The van der Waals surface area contributed by atoms with E-state index in [1.807, 2.05) is 4.90 Å². The molecule has 6 heteroatoms. The minimum Gasteiger partial charge on any atom is -0.355 e. The molecule has 1 N–H and O–H groups in total. The van der Waals surface area contributed by atoms with E-state index < -0.39 is 11.7 Å². The highest BCUT2D eigenvalue weighted by atomic mass is 19.4. The number of pyridine rings is 1. The molecule has 1 aliphatic rings. The van der Waals surface area contributed by atoms with Crippen LogP contribution in [0.1, 0.15) is 18.4 Å². The SMILES string of the molecule is CN(c1cc(C(F)(F)F)ccn1)C1CCCNC1. The molecule has 1 saturated heterocycles. The number of anilines is 1. The molecule has 0 aliphatic carbocycles. The summed E-state index contributed by atoms with van der Waals surface area (Å²) in [7, 11) is 1.79. The zero-order chi connectivity index (χ0) is 13.2. The summed E-state index contributed by atoms with van der Waals surface area (Å²) in [6.07, 6.45) is -1.09. The lowest BCUT2D eigenvalue weighted by atomic mass is 10.1. The van der Waals surface area contributed by atoms with Crippen LogP contribution in [0, 0.1) is 0 Å². The topological polar surface area (TPSA) is 28.2 Å². The Hall–Kier alpha value is -1.30. The van der Waals surface area contributed by atoms with Crippen LogP contribution in [0.4, 0.5) is 19.0 Å². The second-order valence-electron chi connectivity index (χ2n) is 4.51. The Morgan fingerprint density at radius 3 is 2.83 bits per heavy atom. The predicted molar refractivity (Wildman–Crippen MR) is 63.5 cm³/mol. The van der Waals surface area contributed by atoms with Crippen LogP contribution < -0.4 is 10.2 Å². The summed E-state index contributed by atoms with van der Waals surface area (Å²) in [6, 6.07) is 2.31. The minimum absolute atomic E-state index is 0.203. The number of piperidine rings is 1. The number of rotatable bonds is 2. The molecule has 1 aromatic heterocycles. The van der Waals surface area contributed by atoms with Gasteiger partial charge in [-0.15, -0.1) is 0 Å². The van der Waals surface area contributed by atoms with Crippen molar-refractivity contribution in [2.75, 3.05) is 25.0 Å². The van der Waals surface area contributed by atoms with Gasteiger partial charge >= 0.3 is 6.18 Å². The van der Waals surface area contributed by atoms with E-state index in [1.165, 1.54) is 6.20 Å². The van der Waals surface area contributed by atoms with Gasteiger partial charge in [-0.25, -0.2) is 4.98 Å². The summed E-state index contributed by atoms with van der Waals surface area (Å²) in [5.41, 5.74) is -0.650. The number of hydrogen-bond donors (Lipinski definition) is 1. The molecule has 0 spiro atoms. The average molecular weight is 259 g/mol. The number of halogens is 3. The van der Waals surface area contributed by atoms with Gasteiger partial charge in [0.15, 0.2) is 0 Å². The van der Waals surface area contributed by atoms with E-state index in [2.05, 4.69) is 10.3 Å². The average Bonchev–Trinajstić information content (AvgIpc) is 2.38. The number of hydrogen-bond acceptors (Lipinski definition) is 3. The normalized spacial score (nSPS) is 20.8. The maximum absolute atomic E-state index is 12.6. The molecule has 1 aromatic rings. The highest BCUT2D eigenvalue weighted by Gasteiger charge is 2.31. The van der Waals surface area contributed by atoms with Crippen LogP contribution >= 0.6 is 0 Å². The fraction of sp³-hybridized carbons (Fsp3) is 0.583. The van der Waals surface area contributed by atoms with Gasteiger partial charge in [0, 0.05) is 25.8 Å². The first-order chi connectivity index (χ1) is 8.48. The molecular weight excluding hydrogens is 243 g/mol. The number of likely N-dealkylation sites (N-methyl/N-ethyl adjacent to an activating group) is 1. The Morgan fingerprint density at radius 2 is 2.22 bits per heavy atom. The third kappa shape index (κ3) is 2.93. The van der Waals surface area contributed by atoms with Gasteiger partial charge in [0.05, 0.1) is 5.56 Å². The molecule has 0 bridgehead atoms. The second kappa shape index (κ2) is 5.14. The van der Waals surface area contributed by atoms with Crippen LogP contribution in [0.5, 0.6) is 0 Å². The molecule has 0 saturated carbocycles. The minimum atomic E-state index is -4.32. The van der Waals surface area contributed by atoms with Gasteiger partial charge in [0.25, 0.3) is 0 Å². The summed E-state index contributed by atoms with van der Waals surface area (Å²) in [5, 5.41) is 3.24. The molecule has 1 aliphatic heterocycles. The highest BCUT2D eigenvalue weighted by Crippen LogP contribution is 2.31. The standard InChI is InChI=1S/C12H16F3N3/c1-18(10-3-2-5-16-8-10)11-7-9(4-6-17-11)12(13,14)15/h4,6-7,10,16H,2-3,5,8H2,1H3. The van der Waals surface area contributed by atoms with Crippen molar-refractivity contribution in [2.24, 2.45) is 0 Å². The highest BCUT2D eigenvalue weighted by molar-refractivity contribution is 5.42. The zero-order valence-electron chi connectivity index (χ0n) is 10.2. The summed E-state index contributed by atoms with van der Waals surface area (Å²) in [6.45, 7) is 1.76. The molecule has 0 amide bonds. The summed E-state index contributed by atoms with van der Waals surface area (Å²) >= 11 is 0. The molecule has 3 nitrogen and oxygen atoms in total. The van der Waals surface area contributed by atoms with Gasteiger partial charge in [0.2, 0.25) is 0 Å². The summed E-state index contributed by atoms with van der Waals surface area (Å²) < 4.78 is 37.8. The van der Waals surface area contributed by atoms with Gasteiger partial charge < -0.3 is 10.2 Å². The van der Waals surface area contributed by atoms with E-state index in [0.29, 0.717) is 5.82 Å². The lowest BCUT2D eigenvalue weighted by Gasteiger charge is -2.32. The van der Waals surface area contributed by atoms with Crippen molar-refractivity contribution in [1.82, 2.24) is 10.3 Å². The second-order valence-corrected chi connectivity index (χ2v) is 4.51. The van der Waals surface area contributed by atoms with Gasteiger partial charge in [-0.2, -0.15) is 13.2 Å². The van der Waals surface area contributed by atoms with Gasteiger partial charge in [-0.1, -0.05) is 0 Å². The van der Waals surface area contributed by atoms with Crippen LogP contribution in [0.15, 0.2) is 18.3 Å². The van der Waals surface area contributed by atoms with E-state index in [-0.39, 0.29) is 6.04 Å². The van der Waals surface area contributed by atoms with Gasteiger partial charge in [0.1, 0.15) is 5.82 Å². The zero-order valence-corrected chi connectivity index (χ0v) is 10.2. The molecule has 2 heterocycles. The fourth-order valence-electron chi connectivity index (χ4n) is 2.14. The first kappa shape index (κ1) is 13.1. The van der Waals surface area contributed by atoms with Gasteiger partial charge in [-0.05, 0) is 31.5 Å². The Labute approximate surface area is 104 Å². The van der Waals surface area contributed by atoms with Gasteiger partial charge in [-0.3, -0.25) is 0 Å². The Bertz CT molecular complexity index is 400. The molecule has 0 aromatic carbocycles. The van der Waals surface area contributed by atoms with Crippen LogP contribution in [0.3, 0.4) is 0 Å². The number of nitrogens with zero attached hydrogens (tertiary/aromatic N) is 2. The van der Waals surface area contributed by atoms with E-state index in [0.717, 1.165) is 38.1 Å². The van der Waals surface area contributed by atoms with Crippen molar-refractivity contribution in [1.29, 1.82) is 0 Å². The van der Waals surface area contributed by atoms with E-state index >= 15 is 0 Å². The third-order valence-corrected chi connectivity index (χ3v) is 3.25. The van der Waals surface area contributed by atoms with Crippen molar-refractivity contribution in [3.63, 3.8) is 0 Å².